The predicted octanol–water partition coefficient (Wildman–Crippen LogP) is 2.20. The van der Waals surface area contributed by atoms with Crippen molar-refractivity contribution < 1.29 is 14.7 Å². The van der Waals surface area contributed by atoms with Gasteiger partial charge in [-0.25, -0.2) is 4.79 Å². The Kier molecular flexibility index (Phi) is 3.39. The van der Waals surface area contributed by atoms with E-state index in [2.05, 4.69) is 10.3 Å². The van der Waals surface area contributed by atoms with E-state index < -0.39 is 11.9 Å². The van der Waals surface area contributed by atoms with Crippen molar-refractivity contribution in [3.8, 4) is 0 Å². The van der Waals surface area contributed by atoms with Crippen molar-refractivity contribution in [1.29, 1.82) is 0 Å². The van der Waals surface area contributed by atoms with Gasteiger partial charge in [-0.15, -0.1) is 0 Å². The summed E-state index contributed by atoms with van der Waals surface area (Å²) in [5.74, 6) is -1.60. The molecule has 106 valence electrons. The first kappa shape index (κ1) is 13.3. The maximum Gasteiger partial charge on any atom is 0.338 e. The molecule has 1 unspecified atom stereocenters. The zero-order chi connectivity index (χ0) is 14.8. The highest BCUT2D eigenvalue weighted by Crippen LogP contribution is 2.30. The molecule has 1 aromatic heterocycles. The number of hydrogen-bond acceptors (Lipinski definition) is 3. The van der Waals surface area contributed by atoms with Crippen LogP contribution in [0.15, 0.2) is 42.6 Å². The van der Waals surface area contributed by atoms with Gasteiger partial charge in [0.25, 0.3) is 5.91 Å². The minimum absolute atomic E-state index is 0.0469. The Morgan fingerprint density at radius 2 is 2.00 bits per heavy atom. The van der Waals surface area contributed by atoms with E-state index in [-0.39, 0.29) is 17.3 Å². The number of aryl methyl sites for hydroxylation is 1. The molecular weight excluding hydrogens is 268 g/mol. The number of pyridine rings is 1. The zero-order valence-corrected chi connectivity index (χ0v) is 11.2. The van der Waals surface area contributed by atoms with Gasteiger partial charge in [0.05, 0.1) is 11.6 Å². The zero-order valence-electron chi connectivity index (χ0n) is 11.2. The number of aromatic carboxylic acids is 1. The lowest BCUT2D eigenvalue weighted by atomic mass is 10.1. The largest absolute Gasteiger partial charge is 0.478 e. The van der Waals surface area contributed by atoms with Crippen molar-refractivity contribution >= 4 is 11.9 Å². The number of rotatable bonds is 3. The van der Waals surface area contributed by atoms with Gasteiger partial charge in [-0.1, -0.05) is 24.3 Å². The maximum absolute atomic E-state index is 12.3. The molecule has 5 nitrogen and oxygen atoms in total. The number of aromatic nitrogens is 1. The van der Waals surface area contributed by atoms with E-state index in [4.69, 9.17) is 5.11 Å². The number of carboxylic acids is 1. The molecule has 0 saturated heterocycles. The molecule has 1 atom stereocenters. The maximum atomic E-state index is 12.3. The van der Waals surface area contributed by atoms with Crippen LogP contribution in [-0.2, 0) is 6.42 Å². The second-order valence-corrected chi connectivity index (χ2v) is 4.97. The Morgan fingerprint density at radius 1 is 1.19 bits per heavy atom. The van der Waals surface area contributed by atoms with Crippen LogP contribution in [0.5, 0.6) is 0 Å². The van der Waals surface area contributed by atoms with E-state index in [0.717, 1.165) is 18.4 Å². The molecule has 21 heavy (non-hydrogen) atoms. The highest BCUT2D eigenvalue weighted by atomic mass is 16.4. The summed E-state index contributed by atoms with van der Waals surface area (Å²) in [4.78, 5) is 27.3. The van der Waals surface area contributed by atoms with Crippen molar-refractivity contribution in [2.75, 3.05) is 0 Å². The molecule has 0 spiro atoms. The number of nitrogens with one attached hydrogen (secondary N) is 1. The lowest BCUT2D eigenvalue weighted by molar-refractivity contribution is 0.0689. The SMILES string of the molecule is O=C(O)c1cccnc1C(=O)NC1CCc2ccccc21. The number of carbonyl (C=O) groups excluding carboxylic acids is 1. The molecule has 0 saturated carbocycles. The number of nitrogens with zero attached hydrogens (tertiary/aromatic N) is 1. The van der Waals surface area contributed by atoms with Gasteiger partial charge in [-0.3, -0.25) is 9.78 Å². The van der Waals surface area contributed by atoms with E-state index in [1.54, 1.807) is 0 Å². The number of fused-ring (bicyclic) bond motifs is 1. The number of hydrogen-bond donors (Lipinski definition) is 2. The molecule has 1 aromatic carbocycles. The predicted molar refractivity (Wildman–Crippen MR) is 76.2 cm³/mol. The van der Waals surface area contributed by atoms with Gasteiger partial charge in [-0.05, 0) is 36.1 Å². The highest BCUT2D eigenvalue weighted by Gasteiger charge is 2.26. The van der Waals surface area contributed by atoms with Crippen LogP contribution in [0, 0.1) is 0 Å². The van der Waals surface area contributed by atoms with Crippen LogP contribution in [0.25, 0.3) is 0 Å². The fourth-order valence-corrected chi connectivity index (χ4v) is 2.69. The van der Waals surface area contributed by atoms with Gasteiger partial charge in [0.1, 0.15) is 5.69 Å². The minimum Gasteiger partial charge on any atom is -0.478 e. The van der Waals surface area contributed by atoms with E-state index in [0.29, 0.717) is 0 Å². The average molecular weight is 282 g/mol. The van der Waals surface area contributed by atoms with Crippen LogP contribution < -0.4 is 5.32 Å². The Balaban J connectivity index is 1.84. The summed E-state index contributed by atoms with van der Waals surface area (Å²) in [6.45, 7) is 0. The molecule has 1 amide bonds. The summed E-state index contributed by atoms with van der Waals surface area (Å²) in [6, 6.07) is 10.8. The van der Waals surface area contributed by atoms with Crippen LogP contribution in [0.3, 0.4) is 0 Å². The second kappa shape index (κ2) is 5.36. The summed E-state index contributed by atoms with van der Waals surface area (Å²) in [5.41, 5.74) is 2.19. The Morgan fingerprint density at radius 3 is 2.81 bits per heavy atom. The van der Waals surface area contributed by atoms with Crippen LogP contribution in [0.2, 0.25) is 0 Å². The molecule has 3 rings (SSSR count). The van der Waals surface area contributed by atoms with Crippen molar-refractivity contribution in [2.24, 2.45) is 0 Å². The Hall–Kier alpha value is -2.69. The van der Waals surface area contributed by atoms with Crippen molar-refractivity contribution in [2.45, 2.75) is 18.9 Å². The molecule has 5 heteroatoms. The average Bonchev–Trinajstić information content (AvgIpc) is 2.90. The lowest BCUT2D eigenvalue weighted by Crippen LogP contribution is -2.29. The summed E-state index contributed by atoms with van der Waals surface area (Å²) in [5, 5.41) is 12.0. The van der Waals surface area contributed by atoms with Crippen LogP contribution in [0.4, 0.5) is 0 Å². The van der Waals surface area contributed by atoms with Gasteiger partial charge in [0.15, 0.2) is 0 Å². The lowest BCUT2D eigenvalue weighted by Gasteiger charge is -2.14. The van der Waals surface area contributed by atoms with E-state index >= 15 is 0 Å². The molecule has 2 aromatic rings. The molecule has 1 aliphatic carbocycles. The molecule has 0 bridgehead atoms. The van der Waals surface area contributed by atoms with Gasteiger partial charge in [0, 0.05) is 6.20 Å². The molecule has 2 N–H and O–H groups in total. The molecule has 0 radical (unpaired) electrons. The quantitative estimate of drug-likeness (QED) is 0.904. The fraction of sp³-hybridized carbons (Fsp3) is 0.188. The number of amides is 1. The van der Waals surface area contributed by atoms with Crippen LogP contribution in [0.1, 0.15) is 44.4 Å². The van der Waals surface area contributed by atoms with Crippen molar-refractivity contribution in [3.63, 3.8) is 0 Å². The standard InChI is InChI=1S/C16H14N2O3/c19-15(14-12(16(20)21)6-3-9-17-14)18-13-8-7-10-4-1-2-5-11(10)13/h1-6,9,13H,7-8H2,(H,18,19)(H,20,21). The highest BCUT2D eigenvalue weighted by molar-refractivity contribution is 6.03. The van der Waals surface area contributed by atoms with Gasteiger partial charge in [-0.2, -0.15) is 0 Å². The first-order valence-corrected chi connectivity index (χ1v) is 6.74. The van der Waals surface area contributed by atoms with Crippen molar-refractivity contribution in [3.05, 3.63) is 65.0 Å². The third-order valence-electron chi connectivity index (χ3n) is 3.69. The molecule has 1 aliphatic rings. The first-order chi connectivity index (χ1) is 10.2. The van der Waals surface area contributed by atoms with Crippen LogP contribution >= 0.6 is 0 Å². The molecular formula is C16H14N2O3. The topological polar surface area (TPSA) is 79.3 Å². The number of benzene rings is 1. The first-order valence-electron chi connectivity index (χ1n) is 6.74. The Labute approximate surface area is 121 Å². The third-order valence-corrected chi connectivity index (χ3v) is 3.69. The van der Waals surface area contributed by atoms with Crippen molar-refractivity contribution in [1.82, 2.24) is 10.3 Å². The van der Waals surface area contributed by atoms with Gasteiger partial charge in [0.2, 0.25) is 0 Å². The summed E-state index contributed by atoms with van der Waals surface area (Å²) in [7, 11) is 0. The van der Waals surface area contributed by atoms with E-state index in [1.807, 2.05) is 24.3 Å². The fourth-order valence-electron chi connectivity index (χ4n) is 2.69. The molecule has 0 aliphatic heterocycles. The van der Waals surface area contributed by atoms with E-state index in [1.165, 1.54) is 23.9 Å². The van der Waals surface area contributed by atoms with E-state index in [9.17, 15) is 9.59 Å². The van der Waals surface area contributed by atoms with Gasteiger partial charge < -0.3 is 10.4 Å². The normalized spacial score (nSPS) is 16.3. The second-order valence-electron chi connectivity index (χ2n) is 4.97. The number of carbonyl (C=O) groups is 2. The minimum atomic E-state index is -1.15. The molecule has 1 heterocycles. The molecule has 0 fully saturated rings. The summed E-state index contributed by atoms with van der Waals surface area (Å²) in [6.07, 6.45) is 3.15. The summed E-state index contributed by atoms with van der Waals surface area (Å²) >= 11 is 0. The monoisotopic (exact) mass is 282 g/mol. The number of carboxylic acid groups (broad SMARTS) is 1. The van der Waals surface area contributed by atoms with Gasteiger partial charge >= 0.3 is 5.97 Å². The Bertz CT molecular complexity index is 712. The van der Waals surface area contributed by atoms with Crippen LogP contribution in [-0.4, -0.2) is 22.0 Å². The summed E-state index contributed by atoms with van der Waals surface area (Å²) < 4.78 is 0. The smallest absolute Gasteiger partial charge is 0.338 e. The third kappa shape index (κ3) is 2.50.